The zero-order valence-corrected chi connectivity index (χ0v) is 12.2. The first kappa shape index (κ1) is 16.7. The van der Waals surface area contributed by atoms with Crippen LogP contribution in [0.4, 0.5) is 0 Å². The van der Waals surface area contributed by atoms with Crippen molar-refractivity contribution in [1.82, 2.24) is 14.9 Å². The van der Waals surface area contributed by atoms with E-state index >= 15 is 0 Å². The van der Waals surface area contributed by atoms with E-state index in [0.717, 1.165) is 10.6 Å². The predicted octanol–water partition coefficient (Wildman–Crippen LogP) is -0.458. The number of hydrogen-bond acceptors (Lipinski definition) is 4. The number of carboxylic acid groups (broad SMARTS) is 1. The van der Waals surface area contributed by atoms with Gasteiger partial charge in [-0.3, -0.25) is 19.1 Å². The molecule has 0 saturated carbocycles. The topological polar surface area (TPSA) is 121 Å². The minimum atomic E-state index is -1.25. The molecule has 0 aromatic carbocycles. The van der Waals surface area contributed by atoms with Crippen LogP contribution in [0.25, 0.3) is 0 Å². The van der Waals surface area contributed by atoms with Crippen LogP contribution in [0.15, 0.2) is 21.9 Å². The Kier molecular flexibility index (Phi) is 5.07. The lowest BCUT2D eigenvalue weighted by Gasteiger charge is -2.20. The second-order valence-corrected chi connectivity index (χ2v) is 5.96. The first-order chi connectivity index (χ1) is 9.58. The van der Waals surface area contributed by atoms with E-state index in [4.69, 9.17) is 5.11 Å². The van der Waals surface area contributed by atoms with Crippen molar-refractivity contribution in [2.75, 3.05) is 0 Å². The van der Waals surface area contributed by atoms with Gasteiger partial charge >= 0.3 is 11.7 Å². The summed E-state index contributed by atoms with van der Waals surface area (Å²) in [5.41, 5.74) is -1.57. The van der Waals surface area contributed by atoms with E-state index in [0.29, 0.717) is 0 Å². The summed E-state index contributed by atoms with van der Waals surface area (Å²) in [5, 5.41) is 11.5. The Morgan fingerprint density at radius 1 is 1.38 bits per heavy atom. The summed E-state index contributed by atoms with van der Waals surface area (Å²) < 4.78 is 1.03. The fourth-order valence-corrected chi connectivity index (χ4v) is 1.70. The number of carbonyl (C=O) groups excluding carboxylic acids is 1. The minimum Gasteiger partial charge on any atom is -0.480 e. The van der Waals surface area contributed by atoms with Crippen molar-refractivity contribution in [3.8, 4) is 0 Å². The van der Waals surface area contributed by atoms with Crippen LogP contribution in [0.2, 0.25) is 0 Å². The lowest BCUT2D eigenvalue weighted by atomic mass is 9.92. The van der Waals surface area contributed by atoms with Crippen molar-refractivity contribution >= 4 is 11.9 Å². The molecular weight excluding hydrogens is 278 g/mol. The Balaban J connectivity index is 2.84. The lowest BCUT2D eigenvalue weighted by Crippen LogP contribution is -2.46. The maximum absolute atomic E-state index is 11.8. The van der Waals surface area contributed by atoms with Gasteiger partial charge in [0.1, 0.15) is 6.04 Å². The molecule has 0 fully saturated rings. The van der Waals surface area contributed by atoms with Crippen LogP contribution >= 0.6 is 0 Å². The van der Waals surface area contributed by atoms with Gasteiger partial charge in [0.25, 0.3) is 5.56 Å². The van der Waals surface area contributed by atoms with Crippen molar-refractivity contribution in [3.05, 3.63) is 33.1 Å². The van der Waals surface area contributed by atoms with Crippen molar-refractivity contribution in [2.45, 2.75) is 39.8 Å². The second-order valence-electron chi connectivity index (χ2n) is 5.96. The molecule has 0 aliphatic rings. The van der Waals surface area contributed by atoms with E-state index in [1.807, 2.05) is 25.8 Å². The number of nitrogens with zero attached hydrogens (tertiary/aromatic N) is 1. The van der Waals surface area contributed by atoms with E-state index in [9.17, 15) is 19.2 Å². The summed E-state index contributed by atoms with van der Waals surface area (Å²) in [5.74, 6) is -1.66. The SMILES string of the molecule is CC(C)(C)CC(=O)NC(Cn1ccc(=O)[nH]c1=O)C(=O)O. The fourth-order valence-electron chi connectivity index (χ4n) is 1.70. The number of amides is 1. The molecule has 0 saturated heterocycles. The lowest BCUT2D eigenvalue weighted by molar-refractivity contribution is -0.142. The number of carbonyl (C=O) groups is 2. The number of aromatic nitrogens is 2. The van der Waals surface area contributed by atoms with Gasteiger partial charge in [-0.25, -0.2) is 9.59 Å². The number of aromatic amines is 1. The summed E-state index contributed by atoms with van der Waals surface area (Å²) in [7, 11) is 0. The molecule has 1 aromatic rings. The van der Waals surface area contributed by atoms with Crippen LogP contribution in [0.1, 0.15) is 27.2 Å². The third-order valence-electron chi connectivity index (χ3n) is 2.60. The van der Waals surface area contributed by atoms with Crippen molar-refractivity contribution in [2.24, 2.45) is 5.41 Å². The van der Waals surface area contributed by atoms with E-state index in [-0.39, 0.29) is 18.4 Å². The molecule has 1 amide bonds. The number of nitrogens with one attached hydrogen (secondary N) is 2. The molecule has 8 nitrogen and oxygen atoms in total. The zero-order valence-electron chi connectivity index (χ0n) is 12.2. The Bertz CT molecular complexity index is 638. The zero-order chi connectivity index (χ0) is 16.2. The Labute approximate surface area is 120 Å². The Morgan fingerprint density at radius 2 is 2.00 bits per heavy atom. The van der Waals surface area contributed by atoms with Gasteiger partial charge in [0.15, 0.2) is 0 Å². The maximum Gasteiger partial charge on any atom is 0.328 e. The van der Waals surface area contributed by atoms with Crippen LogP contribution < -0.4 is 16.6 Å². The van der Waals surface area contributed by atoms with Crippen LogP contribution in [0, 0.1) is 5.41 Å². The average Bonchev–Trinajstić information content (AvgIpc) is 2.28. The van der Waals surface area contributed by atoms with Gasteiger partial charge in [0, 0.05) is 18.7 Å². The summed E-state index contributed by atoms with van der Waals surface area (Å²) in [6.45, 7) is 5.30. The van der Waals surface area contributed by atoms with Crippen LogP contribution in [-0.2, 0) is 16.1 Å². The quantitative estimate of drug-likeness (QED) is 0.679. The third-order valence-corrected chi connectivity index (χ3v) is 2.60. The number of hydrogen-bond donors (Lipinski definition) is 3. The highest BCUT2D eigenvalue weighted by molar-refractivity contribution is 5.83. The summed E-state index contributed by atoms with van der Waals surface area (Å²) in [4.78, 5) is 47.4. The molecule has 0 bridgehead atoms. The average molecular weight is 297 g/mol. The van der Waals surface area contributed by atoms with Crippen LogP contribution in [-0.4, -0.2) is 32.6 Å². The van der Waals surface area contributed by atoms with Crippen molar-refractivity contribution in [1.29, 1.82) is 0 Å². The molecule has 1 rings (SSSR count). The van der Waals surface area contributed by atoms with Gasteiger partial charge in [-0.1, -0.05) is 20.8 Å². The summed E-state index contributed by atoms with van der Waals surface area (Å²) in [6.07, 6.45) is 1.35. The van der Waals surface area contributed by atoms with Gasteiger partial charge in [0.2, 0.25) is 5.91 Å². The molecule has 0 radical (unpaired) electrons. The van der Waals surface area contributed by atoms with Crippen LogP contribution in [0.5, 0.6) is 0 Å². The Hall–Kier alpha value is -2.38. The Morgan fingerprint density at radius 3 is 2.48 bits per heavy atom. The van der Waals surface area contributed by atoms with E-state index < -0.39 is 29.2 Å². The highest BCUT2D eigenvalue weighted by Gasteiger charge is 2.23. The number of carboxylic acids is 1. The minimum absolute atomic E-state index is 0.164. The fraction of sp³-hybridized carbons (Fsp3) is 0.538. The summed E-state index contributed by atoms with van der Waals surface area (Å²) >= 11 is 0. The molecule has 8 heteroatoms. The molecule has 1 unspecified atom stereocenters. The van der Waals surface area contributed by atoms with Gasteiger partial charge in [-0.15, -0.1) is 0 Å². The van der Waals surface area contributed by atoms with Gasteiger partial charge in [-0.05, 0) is 5.41 Å². The maximum atomic E-state index is 11.8. The van der Waals surface area contributed by atoms with E-state index in [1.165, 1.54) is 6.20 Å². The first-order valence-electron chi connectivity index (χ1n) is 6.40. The normalized spacial score (nSPS) is 12.7. The highest BCUT2D eigenvalue weighted by atomic mass is 16.4. The molecule has 1 atom stereocenters. The number of aliphatic carboxylic acids is 1. The van der Waals surface area contributed by atoms with Gasteiger partial charge in [-0.2, -0.15) is 0 Å². The molecule has 0 aliphatic heterocycles. The van der Waals surface area contributed by atoms with E-state index in [2.05, 4.69) is 5.32 Å². The molecular formula is C13H19N3O5. The molecule has 21 heavy (non-hydrogen) atoms. The second kappa shape index (κ2) is 6.38. The molecule has 116 valence electrons. The number of H-pyrrole nitrogens is 1. The van der Waals surface area contributed by atoms with Gasteiger partial charge in [0.05, 0.1) is 6.54 Å². The van der Waals surface area contributed by atoms with E-state index in [1.54, 1.807) is 0 Å². The predicted molar refractivity (Wildman–Crippen MR) is 75.0 cm³/mol. The number of rotatable bonds is 5. The largest absolute Gasteiger partial charge is 0.480 e. The first-order valence-corrected chi connectivity index (χ1v) is 6.40. The summed E-state index contributed by atoms with van der Waals surface area (Å²) in [6, 6.07) is -0.138. The van der Waals surface area contributed by atoms with Crippen LogP contribution in [0.3, 0.4) is 0 Å². The third kappa shape index (κ3) is 5.64. The standard InChI is InChI=1S/C13H19N3O5/c1-13(2,3)6-10(18)14-8(11(19)20)7-16-5-4-9(17)15-12(16)21/h4-5,8H,6-7H2,1-3H3,(H,14,18)(H,19,20)(H,15,17,21). The monoisotopic (exact) mass is 297 g/mol. The molecule has 1 heterocycles. The van der Waals surface area contributed by atoms with Crippen molar-refractivity contribution in [3.63, 3.8) is 0 Å². The molecule has 0 aliphatic carbocycles. The molecule has 0 spiro atoms. The molecule has 1 aromatic heterocycles. The smallest absolute Gasteiger partial charge is 0.328 e. The molecule has 3 N–H and O–H groups in total. The van der Waals surface area contributed by atoms with Gasteiger partial charge < -0.3 is 10.4 Å². The van der Waals surface area contributed by atoms with Crippen molar-refractivity contribution < 1.29 is 14.7 Å². The highest BCUT2D eigenvalue weighted by Crippen LogP contribution is 2.17.